The number of rotatable bonds is 0. The molecule has 0 aromatic carbocycles. The van der Waals surface area contributed by atoms with Crippen LogP contribution in [0.3, 0.4) is 0 Å². The van der Waals surface area contributed by atoms with Gasteiger partial charge < -0.3 is 0 Å². The minimum Gasteiger partial charge on any atom is -0.150 e. The van der Waals surface area contributed by atoms with Gasteiger partial charge in [-0.05, 0) is 6.04 Å². The van der Waals surface area contributed by atoms with E-state index >= 15 is 0 Å². The SMILES string of the molecule is ClC1(Cl)C[Si](Cl)(Cl)[SiH2]1. The van der Waals surface area contributed by atoms with E-state index in [9.17, 15) is 0 Å². The third-order valence-electron chi connectivity index (χ3n) is 1.03. The van der Waals surface area contributed by atoms with E-state index in [1.54, 1.807) is 0 Å². The Bertz CT molecular complexity index is 88.6. The zero-order chi connectivity index (χ0) is 6.41. The summed E-state index contributed by atoms with van der Waals surface area (Å²) < 4.78 is -0.463. The first-order valence-electron chi connectivity index (χ1n) is 2.17. The first-order chi connectivity index (χ1) is 3.41. The lowest BCUT2D eigenvalue weighted by atomic mass is 10.9. The summed E-state index contributed by atoms with van der Waals surface area (Å²) >= 11 is 22.9. The Morgan fingerprint density at radius 3 is 1.75 bits per heavy atom. The monoisotopic (exact) mass is 224 g/mol. The Morgan fingerprint density at radius 2 is 1.75 bits per heavy atom. The highest BCUT2D eigenvalue weighted by Crippen LogP contribution is 2.45. The van der Waals surface area contributed by atoms with Gasteiger partial charge in [0.25, 0.3) is 0 Å². The molecular weight excluding hydrogens is 222 g/mol. The van der Waals surface area contributed by atoms with Gasteiger partial charge in [-0.2, -0.15) is 22.2 Å². The quantitative estimate of drug-likeness (QED) is 0.335. The number of halogens is 4. The molecule has 1 aliphatic heterocycles. The van der Waals surface area contributed by atoms with Gasteiger partial charge in [0.2, 0.25) is 6.21 Å². The summed E-state index contributed by atoms with van der Waals surface area (Å²) in [5, 5.41) is 0. The Kier molecular flexibility index (Phi) is 1.96. The molecule has 1 heterocycles. The van der Waals surface area contributed by atoms with Crippen molar-refractivity contribution in [3.63, 3.8) is 0 Å². The summed E-state index contributed by atoms with van der Waals surface area (Å²) in [6.07, 6.45) is -1.77. The summed E-state index contributed by atoms with van der Waals surface area (Å²) in [5.74, 6) is 0. The van der Waals surface area contributed by atoms with Crippen LogP contribution in [0.4, 0.5) is 0 Å². The van der Waals surface area contributed by atoms with Crippen molar-refractivity contribution in [3.05, 3.63) is 0 Å². The summed E-state index contributed by atoms with van der Waals surface area (Å²) in [4.78, 5) is 0. The summed E-state index contributed by atoms with van der Waals surface area (Å²) in [5.41, 5.74) is 0. The molecule has 6 heteroatoms. The molecule has 0 saturated carbocycles. The van der Waals surface area contributed by atoms with Crippen LogP contribution in [0, 0.1) is 0 Å². The van der Waals surface area contributed by atoms with E-state index in [0.717, 1.165) is 0 Å². The molecule has 0 aliphatic carbocycles. The molecule has 0 radical (unpaired) electrons. The zero-order valence-corrected chi connectivity index (χ0v) is 9.36. The first kappa shape index (κ1) is 7.70. The van der Waals surface area contributed by atoms with Crippen molar-refractivity contribution in [2.45, 2.75) is 10.0 Å². The van der Waals surface area contributed by atoms with Gasteiger partial charge in [0, 0.05) is 0 Å². The molecule has 0 bridgehead atoms. The molecule has 0 aromatic heterocycles. The summed E-state index contributed by atoms with van der Waals surface area (Å²) in [6, 6.07) is 0.665. The normalized spacial score (nSPS) is 34.5. The average Bonchev–Trinajstić information content (AvgIpc) is 1.20. The van der Waals surface area contributed by atoms with Crippen molar-refractivity contribution in [2.75, 3.05) is 0 Å². The van der Waals surface area contributed by atoms with Gasteiger partial charge in [-0.25, -0.2) is 0 Å². The van der Waals surface area contributed by atoms with E-state index < -0.39 is 19.2 Å². The zero-order valence-electron chi connectivity index (χ0n) is 3.93. The van der Waals surface area contributed by atoms with Gasteiger partial charge in [0.15, 0.2) is 0 Å². The average molecular weight is 226 g/mol. The lowest BCUT2D eigenvalue weighted by Gasteiger charge is -2.37. The molecule has 0 N–H and O–H groups in total. The third kappa shape index (κ3) is 1.79. The Hall–Kier alpha value is 1.59. The Labute approximate surface area is 70.5 Å². The minimum atomic E-state index is -1.77. The van der Waals surface area contributed by atoms with Crippen LogP contribution in [0.5, 0.6) is 0 Å². The number of hydrogen-bond acceptors (Lipinski definition) is 0. The van der Waals surface area contributed by atoms with Crippen LogP contribution in [-0.4, -0.2) is 19.2 Å². The van der Waals surface area contributed by atoms with Gasteiger partial charge >= 0.3 is 0 Å². The summed E-state index contributed by atoms with van der Waals surface area (Å²) in [6.45, 7) is 0. The maximum absolute atomic E-state index is 5.79. The van der Waals surface area contributed by atoms with E-state index in [1.807, 2.05) is 0 Å². The maximum Gasteiger partial charge on any atom is 0.237 e. The number of hydrogen-bond donors (Lipinski definition) is 0. The maximum atomic E-state index is 5.79. The van der Waals surface area contributed by atoms with Gasteiger partial charge in [-0.3, -0.25) is 0 Å². The highest BCUT2D eigenvalue weighted by atomic mass is 35.7. The van der Waals surface area contributed by atoms with Crippen molar-refractivity contribution in [2.24, 2.45) is 0 Å². The fourth-order valence-corrected chi connectivity index (χ4v) is 22.2. The first-order valence-corrected chi connectivity index (χ1v) is 10.2. The molecule has 0 nitrogen and oxygen atoms in total. The van der Waals surface area contributed by atoms with Crippen LogP contribution in [0.25, 0.3) is 0 Å². The Balaban J connectivity index is 2.42. The van der Waals surface area contributed by atoms with Gasteiger partial charge in [0.05, 0.1) is 9.04 Å². The van der Waals surface area contributed by atoms with Crippen LogP contribution in [0.15, 0.2) is 0 Å². The molecule has 0 atom stereocenters. The standard InChI is InChI=1S/C2H4Cl4Si2/c3-2(4)1-8(5,6)7-2/h1,7H2. The van der Waals surface area contributed by atoms with Crippen LogP contribution in [-0.2, 0) is 0 Å². The molecule has 1 fully saturated rings. The van der Waals surface area contributed by atoms with E-state index in [-0.39, 0.29) is 0 Å². The van der Waals surface area contributed by atoms with Crippen molar-refractivity contribution in [3.8, 4) is 0 Å². The van der Waals surface area contributed by atoms with E-state index in [1.165, 1.54) is 0 Å². The van der Waals surface area contributed by atoms with Crippen molar-refractivity contribution >= 4 is 60.6 Å². The highest BCUT2D eigenvalue weighted by Gasteiger charge is 2.54. The molecule has 0 amide bonds. The fourth-order valence-electron chi connectivity index (χ4n) is 0.705. The number of alkyl halides is 2. The van der Waals surface area contributed by atoms with Crippen molar-refractivity contribution in [1.29, 1.82) is 0 Å². The molecule has 48 valence electrons. The van der Waals surface area contributed by atoms with E-state index in [4.69, 9.17) is 45.4 Å². The smallest absolute Gasteiger partial charge is 0.150 e. The lowest BCUT2D eigenvalue weighted by Crippen LogP contribution is -2.55. The highest BCUT2D eigenvalue weighted by molar-refractivity contribution is 7.71. The largest absolute Gasteiger partial charge is 0.237 e. The molecule has 1 saturated heterocycles. The fraction of sp³-hybridized carbons (Fsp3) is 1.00. The molecule has 8 heavy (non-hydrogen) atoms. The molecule has 1 rings (SSSR count). The van der Waals surface area contributed by atoms with Crippen LogP contribution < -0.4 is 0 Å². The Morgan fingerprint density at radius 1 is 1.38 bits per heavy atom. The lowest BCUT2D eigenvalue weighted by molar-refractivity contribution is 1.18. The summed E-state index contributed by atoms with van der Waals surface area (Å²) in [7, 11) is -0.539. The second kappa shape index (κ2) is 2.04. The van der Waals surface area contributed by atoms with Crippen LogP contribution in [0.1, 0.15) is 0 Å². The van der Waals surface area contributed by atoms with Gasteiger partial charge in [-0.1, -0.05) is 0 Å². The van der Waals surface area contributed by atoms with Gasteiger partial charge in [-0.15, -0.1) is 23.2 Å². The van der Waals surface area contributed by atoms with Crippen molar-refractivity contribution in [1.82, 2.24) is 0 Å². The van der Waals surface area contributed by atoms with Crippen molar-refractivity contribution < 1.29 is 0 Å². The van der Waals surface area contributed by atoms with E-state index in [0.29, 0.717) is 6.04 Å². The van der Waals surface area contributed by atoms with Crippen LogP contribution in [0.2, 0.25) is 6.04 Å². The second-order valence-corrected chi connectivity index (χ2v) is 20.5. The predicted molar refractivity (Wildman–Crippen MR) is 45.2 cm³/mol. The van der Waals surface area contributed by atoms with E-state index in [2.05, 4.69) is 0 Å². The molecule has 0 unspecified atom stereocenters. The molecule has 0 aromatic rings. The predicted octanol–water partition coefficient (Wildman–Crippen LogP) is 1.72. The molecule has 0 spiro atoms. The molecular formula is C2H4Cl4Si2. The van der Waals surface area contributed by atoms with Crippen LogP contribution >= 0.6 is 45.4 Å². The third-order valence-corrected chi connectivity index (χ3v) is 14.1. The molecule has 1 aliphatic rings. The van der Waals surface area contributed by atoms with Gasteiger partial charge in [0.1, 0.15) is 3.96 Å². The topological polar surface area (TPSA) is 0 Å². The minimum absolute atomic E-state index is 0.463. The second-order valence-electron chi connectivity index (χ2n) is 2.07.